The lowest BCUT2D eigenvalue weighted by Crippen LogP contribution is -1.96. The van der Waals surface area contributed by atoms with Crippen LogP contribution < -0.4 is 5.32 Å². The molecule has 2 rings (SSSR count). The molecule has 0 amide bonds. The van der Waals surface area contributed by atoms with E-state index in [1.165, 1.54) is 12.1 Å². The number of nitrogens with zero attached hydrogens (tertiary/aromatic N) is 3. The van der Waals surface area contributed by atoms with Gasteiger partial charge in [0, 0.05) is 19.2 Å². The number of nitrogens with one attached hydrogen (secondary N) is 1. The van der Waals surface area contributed by atoms with Gasteiger partial charge in [-0.25, -0.2) is 4.68 Å². The molecule has 1 heterocycles. The molecule has 0 fully saturated rings. The summed E-state index contributed by atoms with van der Waals surface area (Å²) in [4.78, 5) is 10.2. The van der Waals surface area contributed by atoms with Crippen LogP contribution in [-0.4, -0.2) is 21.8 Å². The SMILES string of the molecule is CNc1cnn(-c2cccc([N+](=O)[O-])c2)c1. The lowest BCUT2D eigenvalue weighted by molar-refractivity contribution is -0.384. The smallest absolute Gasteiger partial charge is 0.271 e. The van der Waals surface area contributed by atoms with E-state index in [9.17, 15) is 10.1 Å². The monoisotopic (exact) mass is 218 g/mol. The molecule has 1 aromatic carbocycles. The Bertz CT molecular complexity index is 521. The molecule has 0 saturated heterocycles. The third kappa shape index (κ3) is 1.85. The van der Waals surface area contributed by atoms with E-state index >= 15 is 0 Å². The van der Waals surface area contributed by atoms with Crippen LogP contribution in [0.2, 0.25) is 0 Å². The molecule has 0 aliphatic heterocycles. The van der Waals surface area contributed by atoms with Gasteiger partial charge in [-0.3, -0.25) is 10.1 Å². The number of nitro groups is 1. The van der Waals surface area contributed by atoms with Crippen LogP contribution in [-0.2, 0) is 0 Å². The van der Waals surface area contributed by atoms with Crippen molar-refractivity contribution in [2.24, 2.45) is 0 Å². The molecule has 0 unspecified atom stereocenters. The Kier molecular flexibility index (Phi) is 2.55. The predicted molar refractivity (Wildman–Crippen MR) is 59.8 cm³/mol. The van der Waals surface area contributed by atoms with Gasteiger partial charge in [-0.05, 0) is 6.07 Å². The van der Waals surface area contributed by atoms with Crippen molar-refractivity contribution >= 4 is 11.4 Å². The largest absolute Gasteiger partial charge is 0.386 e. The highest BCUT2D eigenvalue weighted by Gasteiger charge is 2.07. The van der Waals surface area contributed by atoms with Crippen molar-refractivity contribution in [2.45, 2.75) is 0 Å². The standard InChI is InChI=1S/C10H10N4O2/c1-11-8-6-12-13(7-8)9-3-2-4-10(5-9)14(15)16/h2-7,11H,1H3. The highest BCUT2D eigenvalue weighted by atomic mass is 16.6. The second-order valence-electron chi connectivity index (χ2n) is 3.20. The molecule has 82 valence electrons. The quantitative estimate of drug-likeness (QED) is 0.630. The molecule has 0 bridgehead atoms. The first kappa shape index (κ1) is 10.2. The van der Waals surface area contributed by atoms with Crippen LogP contribution in [0.15, 0.2) is 36.7 Å². The van der Waals surface area contributed by atoms with Crippen LogP contribution in [0.5, 0.6) is 0 Å². The molecule has 6 heteroatoms. The molecule has 0 spiro atoms. The Balaban J connectivity index is 2.40. The molecular formula is C10H10N4O2. The molecule has 1 aromatic heterocycles. The van der Waals surface area contributed by atoms with E-state index in [0.717, 1.165) is 5.69 Å². The Labute approximate surface area is 91.7 Å². The van der Waals surface area contributed by atoms with Gasteiger partial charge >= 0.3 is 0 Å². The first-order valence-corrected chi connectivity index (χ1v) is 4.68. The van der Waals surface area contributed by atoms with Gasteiger partial charge in [0.2, 0.25) is 0 Å². The van der Waals surface area contributed by atoms with Gasteiger partial charge in [0.25, 0.3) is 5.69 Å². The van der Waals surface area contributed by atoms with Crippen molar-refractivity contribution in [3.8, 4) is 5.69 Å². The summed E-state index contributed by atoms with van der Waals surface area (Å²) in [6.45, 7) is 0. The Morgan fingerprint density at radius 3 is 2.94 bits per heavy atom. The molecule has 0 radical (unpaired) electrons. The van der Waals surface area contributed by atoms with Gasteiger partial charge < -0.3 is 5.32 Å². The lowest BCUT2D eigenvalue weighted by Gasteiger charge is -2.00. The van der Waals surface area contributed by atoms with Crippen molar-refractivity contribution in [1.82, 2.24) is 9.78 Å². The summed E-state index contributed by atoms with van der Waals surface area (Å²) < 4.78 is 1.58. The zero-order valence-corrected chi connectivity index (χ0v) is 8.62. The summed E-state index contributed by atoms with van der Waals surface area (Å²) in [5.74, 6) is 0. The van der Waals surface area contributed by atoms with Crippen LogP contribution in [0.4, 0.5) is 11.4 Å². The second-order valence-corrected chi connectivity index (χ2v) is 3.20. The fraction of sp³-hybridized carbons (Fsp3) is 0.100. The fourth-order valence-corrected chi connectivity index (χ4v) is 1.34. The van der Waals surface area contributed by atoms with Crippen LogP contribution in [0.1, 0.15) is 0 Å². The van der Waals surface area contributed by atoms with Gasteiger partial charge in [-0.15, -0.1) is 0 Å². The van der Waals surface area contributed by atoms with Crippen LogP contribution in [0, 0.1) is 10.1 Å². The summed E-state index contributed by atoms with van der Waals surface area (Å²) in [7, 11) is 1.79. The Hall–Kier alpha value is -2.37. The van der Waals surface area contributed by atoms with E-state index in [1.54, 1.807) is 36.3 Å². The van der Waals surface area contributed by atoms with Crippen LogP contribution in [0.3, 0.4) is 0 Å². The van der Waals surface area contributed by atoms with Crippen molar-refractivity contribution in [1.29, 1.82) is 0 Å². The lowest BCUT2D eigenvalue weighted by atomic mass is 10.3. The third-order valence-electron chi connectivity index (χ3n) is 2.18. The van der Waals surface area contributed by atoms with E-state index in [1.807, 2.05) is 0 Å². The van der Waals surface area contributed by atoms with E-state index < -0.39 is 4.92 Å². The van der Waals surface area contributed by atoms with Crippen LogP contribution >= 0.6 is 0 Å². The van der Waals surface area contributed by atoms with Crippen molar-refractivity contribution in [2.75, 3.05) is 12.4 Å². The number of nitro benzene ring substituents is 1. The molecule has 1 N–H and O–H groups in total. The minimum Gasteiger partial charge on any atom is -0.386 e. The summed E-state index contributed by atoms with van der Waals surface area (Å²) >= 11 is 0. The molecule has 6 nitrogen and oxygen atoms in total. The highest BCUT2D eigenvalue weighted by Crippen LogP contribution is 2.17. The van der Waals surface area contributed by atoms with Gasteiger partial charge in [0.05, 0.1) is 28.7 Å². The topological polar surface area (TPSA) is 73.0 Å². The number of aromatic nitrogens is 2. The average molecular weight is 218 g/mol. The van der Waals surface area contributed by atoms with Crippen LogP contribution in [0.25, 0.3) is 5.69 Å². The predicted octanol–water partition coefficient (Wildman–Crippen LogP) is 1.82. The van der Waals surface area contributed by atoms with E-state index in [0.29, 0.717) is 5.69 Å². The number of non-ortho nitro benzene ring substituents is 1. The summed E-state index contributed by atoms with van der Waals surface area (Å²) in [5, 5.41) is 17.6. The van der Waals surface area contributed by atoms with Gasteiger partial charge in [-0.1, -0.05) is 6.07 Å². The van der Waals surface area contributed by atoms with Gasteiger partial charge in [-0.2, -0.15) is 5.10 Å². The van der Waals surface area contributed by atoms with Crippen molar-refractivity contribution in [3.05, 3.63) is 46.8 Å². The summed E-state index contributed by atoms with van der Waals surface area (Å²) in [6, 6.07) is 6.33. The molecule has 0 atom stereocenters. The fourth-order valence-electron chi connectivity index (χ4n) is 1.34. The normalized spacial score (nSPS) is 10.1. The molecule has 0 aliphatic rings. The third-order valence-corrected chi connectivity index (χ3v) is 2.18. The van der Waals surface area contributed by atoms with E-state index in [4.69, 9.17) is 0 Å². The minimum atomic E-state index is -0.425. The maximum Gasteiger partial charge on any atom is 0.271 e. The van der Waals surface area contributed by atoms with Gasteiger partial charge in [0.1, 0.15) is 0 Å². The molecule has 16 heavy (non-hydrogen) atoms. The summed E-state index contributed by atoms with van der Waals surface area (Å²) in [5.41, 5.74) is 1.57. The maximum atomic E-state index is 10.6. The number of anilines is 1. The zero-order valence-electron chi connectivity index (χ0n) is 8.62. The average Bonchev–Trinajstić information content (AvgIpc) is 2.77. The Morgan fingerprint density at radius 1 is 1.50 bits per heavy atom. The minimum absolute atomic E-state index is 0.0546. The molecule has 0 aliphatic carbocycles. The van der Waals surface area contributed by atoms with Crippen molar-refractivity contribution < 1.29 is 4.92 Å². The second kappa shape index (κ2) is 4.01. The Morgan fingerprint density at radius 2 is 2.31 bits per heavy atom. The maximum absolute atomic E-state index is 10.6. The number of hydrogen-bond acceptors (Lipinski definition) is 4. The van der Waals surface area contributed by atoms with Crippen molar-refractivity contribution in [3.63, 3.8) is 0 Å². The van der Waals surface area contributed by atoms with E-state index in [2.05, 4.69) is 10.4 Å². The van der Waals surface area contributed by atoms with E-state index in [-0.39, 0.29) is 5.69 Å². The number of rotatable bonds is 3. The molecule has 0 saturated carbocycles. The first-order chi connectivity index (χ1) is 7.70. The zero-order chi connectivity index (χ0) is 11.5. The molecule has 2 aromatic rings. The summed E-state index contributed by atoms with van der Waals surface area (Å²) in [6.07, 6.45) is 3.41. The number of benzene rings is 1. The van der Waals surface area contributed by atoms with Gasteiger partial charge in [0.15, 0.2) is 0 Å². The molecular weight excluding hydrogens is 208 g/mol. The number of hydrogen-bond donors (Lipinski definition) is 1. The highest BCUT2D eigenvalue weighted by molar-refractivity contribution is 5.46. The first-order valence-electron chi connectivity index (χ1n) is 4.68.